The third-order valence-electron chi connectivity index (χ3n) is 2.79. The van der Waals surface area contributed by atoms with Gasteiger partial charge in [-0.15, -0.1) is 0 Å². The molecule has 0 unspecified atom stereocenters. The number of nitrogens with zero attached hydrogens (tertiary/aromatic N) is 2. The van der Waals surface area contributed by atoms with Crippen LogP contribution >= 0.6 is 0 Å². The van der Waals surface area contributed by atoms with E-state index in [4.69, 9.17) is 5.11 Å². The quantitative estimate of drug-likeness (QED) is 0.560. The van der Waals surface area contributed by atoms with Gasteiger partial charge in [-0.3, -0.25) is 19.2 Å². The first-order chi connectivity index (χ1) is 9.27. The largest absolute Gasteiger partial charge is 0.481 e. The summed E-state index contributed by atoms with van der Waals surface area (Å²) in [6, 6.07) is 0. The van der Waals surface area contributed by atoms with Crippen LogP contribution in [0.25, 0.3) is 0 Å². The van der Waals surface area contributed by atoms with E-state index in [1.165, 1.54) is 20.9 Å². The second kappa shape index (κ2) is 9.06. The molecule has 0 heterocycles. The van der Waals surface area contributed by atoms with Crippen molar-refractivity contribution in [1.29, 1.82) is 0 Å². The van der Waals surface area contributed by atoms with Crippen molar-refractivity contribution < 1.29 is 24.3 Å². The van der Waals surface area contributed by atoms with Gasteiger partial charge in [-0.05, 0) is 12.8 Å². The lowest BCUT2D eigenvalue weighted by molar-refractivity contribution is -0.168. The first-order valence-electron chi connectivity index (χ1n) is 6.57. The molecule has 0 aliphatic rings. The van der Waals surface area contributed by atoms with Gasteiger partial charge in [-0.2, -0.15) is 5.01 Å². The average Bonchev–Trinajstić information content (AvgIpc) is 2.31. The van der Waals surface area contributed by atoms with Gasteiger partial charge in [0.05, 0.1) is 0 Å². The van der Waals surface area contributed by atoms with Crippen LogP contribution in [0.15, 0.2) is 0 Å². The molecule has 0 rings (SSSR count). The highest BCUT2D eigenvalue weighted by atomic mass is 16.4. The minimum atomic E-state index is -0.820. The van der Waals surface area contributed by atoms with E-state index >= 15 is 0 Å². The Kier molecular flexibility index (Phi) is 8.19. The first-order valence-corrected chi connectivity index (χ1v) is 6.57. The van der Waals surface area contributed by atoms with Crippen molar-refractivity contribution in [3.63, 3.8) is 0 Å². The Balaban J connectivity index is 4.05. The molecule has 0 aliphatic carbocycles. The van der Waals surface area contributed by atoms with Crippen molar-refractivity contribution in [3.05, 3.63) is 0 Å². The van der Waals surface area contributed by atoms with E-state index in [9.17, 15) is 19.2 Å². The first kappa shape index (κ1) is 18.1. The van der Waals surface area contributed by atoms with Gasteiger partial charge < -0.3 is 5.11 Å². The predicted octanol–water partition coefficient (Wildman–Crippen LogP) is 1.18. The number of rotatable bonds is 7. The number of hydrogen-bond acceptors (Lipinski definition) is 4. The van der Waals surface area contributed by atoms with Crippen LogP contribution in [0.5, 0.6) is 0 Å². The van der Waals surface area contributed by atoms with Crippen LogP contribution in [0.3, 0.4) is 0 Å². The van der Waals surface area contributed by atoms with Crippen molar-refractivity contribution in [2.75, 3.05) is 7.05 Å². The van der Waals surface area contributed by atoms with Crippen molar-refractivity contribution >= 4 is 23.7 Å². The Morgan fingerprint density at radius 3 is 1.70 bits per heavy atom. The van der Waals surface area contributed by atoms with Gasteiger partial charge in [0, 0.05) is 33.7 Å². The number of carboxylic acids is 1. The molecule has 0 fully saturated rings. The van der Waals surface area contributed by atoms with Gasteiger partial charge in [0.1, 0.15) is 0 Å². The summed E-state index contributed by atoms with van der Waals surface area (Å²) in [5.74, 6) is -2.14. The third-order valence-corrected chi connectivity index (χ3v) is 2.79. The van der Waals surface area contributed by atoms with Gasteiger partial charge in [0.2, 0.25) is 17.7 Å². The minimum absolute atomic E-state index is 0.135. The van der Waals surface area contributed by atoms with Crippen molar-refractivity contribution in [1.82, 2.24) is 10.0 Å². The lowest BCUT2D eigenvalue weighted by atomic mass is 10.1. The monoisotopic (exact) mass is 286 g/mol. The third kappa shape index (κ3) is 6.86. The molecule has 0 saturated heterocycles. The van der Waals surface area contributed by atoms with Crippen LogP contribution in [-0.4, -0.2) is 45.9 Å². The summed E-state index contributed by atoms with van der Waals surface area (Å²) in [6.07, 6.45) is 3.04. The fourth-order valence-corrected chi connectivity index (χ4v) is 1.82. The molecule has 0 bridgehead atoms. The number of unbranched alkanes of at least 4 members (excludes halogenated alkanes) is 3. The van der Waals surface area contributed by atoms with Crippen LogP contribution in [0.1, 0.15) is 52.4 Å². The number of amides is 3. The minimum Gasteiger partial charge on any atom is -0.481 e. The lowest BCUT2D eigenvalue weighted by Gasteiger charge is -2.28. The van der Waals surface area contributed by atoms with Crippen molar-refractivity contribution in [3.8, 4) is 0 Å². The summed E-state index contributed by atoms with van der Waals surface area (Å²) < 4.78 is 0. The standard InChI is InChI=1S/C13H22N2O5/c1-10(16)15(11(2)17)14(3)12(18)8-6-4-5-7-9-13(19)20/h4-9H2,1-3H3,(H,19,20). The molecule has 7 heteroatoms. The molecule has 0 aliphatic heterocycles. The molecule has 7 nitrogen and oxygen atoms in total. The number of imide groups is 1. The molecular formula is C13H22N2O5. The van der Waals surface area contributed by atoms with Crippen LogP contribution in [-0.2, 0) is 19.2 Å². The summed E-state index contributed by atoms with van der Waals surface area (Å²) in [7, 11) is 1.38. The van der Waals surface area contributed by atoms with E-state index in [0.29, 0.717) is 12.8 Å². The second-order valence-corrected chi connectivity index (χ2v) is 4.58. The van der Waals surface area contributed by atoms with Crippen LogP contribution in [0, 0.1) is 0 Å². The summed E-state index contributed by atoms with van der Waals surface area (Å²) in [5, 5.41) is 10.3. The zero-order valence-corrected chi connectivity index (χ0v) is 12.2. The van der Waals surface area contributed by atoms with Gasteiger partial charge in [-0.25, -0.2) is 5.01 Å². The van der Waals surface area contributed by atoms with E-state index in [1.807, 2.05) is 0 Å². The molecule has 0 spiro atoms. The Hall–Kier alpha value is -1.92. The van der Waals surface area contributed by atoms with Crippen LogP contribution in [0.2, 0.25) is 0 Å². The number of hydrazine groups is 1. The summed E-state index contributed by atoms with van der Waals surface area (Å²) in [6.45, 7) is 2.44. The summed E-state index contributed by atoms with van der Waals surface area (Å²) in [5.41, 5.74) is 0. The van der Waals surface area contributed by atoms with E-state index < -0.39 is 17.8 Å². The SMILES string of the molecule is CC(=O)N(C(C)=O)N(C)C(=O)CCCCCCC(=O)O. The molecule has 0 aromatic carbocycles. The molecule has 3 amide bonds. The molecule has 0 aromatic rings. The number of carboxylic acid groups (broad SMARTS) is 1. The van der Waals surface area contributed by atoms with Gasteiger partial charge in [0.15, 0.2) is 0 Å². The maximum atomic E-state index is 11.8. The van der Waals surface area contributed by atoms with Crippen molar-refractivity contribution in [2.24, 2.45) is 0 Å². The maximum absolute atomic E-state index is 11.8. The second-order valence-electron chi connectivity index (χ2n) is 4.58. The Morgan fingerprint density at radius 2 is 1.30 bits per heavy atom. The smallest absolute Gasteiger partial charge is 0.303 e. The molecule has 20 heavy (non-hydrogen) atoms. The van der Waals surface area contributed by atoms with Gasteiger partial charge in [0.25, 0.3) is 0 Å². The molecule has 0 saturated carbocycles. The summed E-state index contributed by atoms with van der Waals surface area (Å²) >= 11 is 0. The van der Waals surface area contributed by atoms with E-state index in [-0.39, 0.29) is 18.7 Å². The zero-order chi connectivity index (χ0) is 15.7. The van der Waals surface area contributed by atoms with E-state index in [1.54, 1.807) is 0 Å². The molecule has 0 radical (unpaired) electrons. The predicted molar refractivity (Wildman–Crippen MR) is 71.3 cm³/mol. The van der Waals surface area contributed by atoms with Crippen molar-refractivity contribution in [2.45, 2.75) is 52.4 Å². The highest BCUT2D eigenvalue weighted by Gasteiger charge is 2.23. The van der Waals surface area contributed by atoms with Crippen LogP contribution in [0.4, 0.5) is 0 Å². The maximum Gasteiger partial charge on any atom is 0.303 e. The highest BCUT2D eigenvalue weighted by Crippen LogP contribution is 2.08. The van der Waals surface area contributed by atoms with Gasteiger partial charge in [-0.1, -0.05) is 12.8 Å². The Bertz CT molecular complexity index is 367. The Morgan fingerprint density at radius 1 is 0.850 bits per heavy atom. The fourth-order valence-electron chi connectivity index (χ4n) is 1.82. The average molecular weight is 286 g/mol. The van der Waals surface area contributed by atoms with Gasteiger partial charge >= 0.3 is 5.97 Å². The molecule has 1 N–H and O–H groups in total. The zero-order valence-electron chi connectivity index (χ0n) is 12.2. The van der Waals surface area contributed by atoms with Crippen LogP contribution < -0.4 is 0 Å². The highest BCUT2D eigenvalue weighted by molar-refractivity contribution is 5.95. The number of carbonyl (C=O) groups is 4. The number of aliphatic carboxylic acids is 1. The number of carbonyl (C=O) groups excluding carboxylic acids is 3. The number of hydrogen-bond donors (Lipinski definition) is 1. The van der Waals surface area contributed by atoms with E-state index in [0.717, 1.165) is 22.9 Å². The fraction of sp³-hybridized carbons (Fsp3) is 0.692. The molecule has 114 valence electrons. The molecule has 0 atom stereocenters. The molecule has 0 aromatic heterocycles. The molecular weight excluding hydrogens is 264 g/mol. The normalized spacial score (nSPS) is 9.95. The topological polar surface area (TPSA) is 95.0 Å². The van der Waals surface area contributed by atoms with E-state index in [2.05, 4.69) is 0 Å². The summed E-state index contributed by atoms with van der Waals surface area (Å²) in [4.78, 5) is 44.7. The Labute approximate surface area is 118 Å². The lowest BCUT2D eigenvalue weighted by Crippen LogP contribution is -2.49.